The van der Waals surface area contributed by atoms with Crippen LogP contribution in [0.5, 0.6) is 0 Å². The molecule has 0 bridgehead atoms. The van der Waals surface area contributed by atoms with Crippen LogP contribution in [0.25, 0.3) is 11.8 Å². The van der Waals surface area contributed by atoms with Crippen molar-refractivity contribution in [1.82, 2.24) is 9.78 Å². The van der Waals surface area contributed by atoms with Gasteiger partial charge in [-0.3, -0.25) is 4.79 Å². The second-order valence-corrected chi connectivity index (χ2v) is 8.62. The molecule has 1 fully saturated rings. The van der Waals surface area contributed by atoms with Crippen LogP contribution in [0.4, 0.5) is 4.39 Å². The van der Waals surface area contributed by atoms with Gasteiger partial charge in [0, 0.05) is 24.8 Å². The monoisotopic (exact) mass is 383 g/mol. The molecule has 5 nitrogen and oxygen atoms in total. The molecule has 2 aliphatic rings. The van der Waals surface area contributed by atoms with Crippen LogP contribution in [-0.2, 0) is 17.6 Å². The summed E-state index contributed by atoms with van der Waals surface area (Å²) in [6.07, 6.45) is 6.57. The number of benzene rings is 1. The number of fused-ring (bicyclic) bond motifs is 1. The molecule has 0 spiro atoms. The number of carbonyl (C=O) groups excluding carboxylic acids is 1. The average molecular weight is 383 g/mol. The zero-order valence-corrected chi connectivity index (χ0v) is 16.6. The Hall–Kier alpha value is -2.47. The Kier molecular flexibility index (Phi) is 4.62. The third kappa shape index (κ3) is 3.37. The number of nitrogens with two attached hydrogens (primary N) is 1. The highest BCUT2D eigenvalue weighted by molar-refractivity contribution is 5.95. The second-order valence-electron chi connectivity index (χ2n) is 8.62. The van der Waals surface area contributed by atoms with Gasteiger partial charge in [0.05, 0.1) is 22.6 Å². The molecule has 1 aliphatic heterocycles. The van der Waals surface area contributed by atoms with E-state index in [1.54, 1.807) is 0 Å². The lowest BCUT2D eigenvalue weighted by Crippen LogP contribution is -2.20. The number of hydrogen-bond acceptors (Lipinski definition) is 3. The number of ether oxygens (including phenoxy) is 1. The molecule has 6 heteroatoms. The van der Waals surface area contributed by atoms with Crippen molar-refractivity contribution >= 4 is 12.0 Å². The van der Waals surface area contributed by atoms with E-state index in [9.17, 15) is 9.18 Å². The van der Waals surface area contributed by atoms with Crippen molar-refractivity contribution in [1.29, 1.82) is 0 Å². The highest BCUT2D eigenvalue weighted by Gasteiger charge is 2.28. The van der Waals surface area contributed by atoms with Gasteiger partial charge in [-0.15, -0.1) is 0 Å². The zero-order valence-electron chi connectivity index (χ0n) is 16.6. The van der Waals surface area contributed by atoms with Crippen LogP contribution in [0, 0.1) is 24.1 Å². The summed E-state index contributed by atoms with van der Waals surface area (Å²) in [6, 6.07) is 3.23. The maximum atomic E-state index is 14.9. The molecule has 1 aromatic carbocycles. The predicted octanol–water partition coefficient (Wildman–Crippen LogP) is 3.59. The standard InChI is InChI=1S/C22H26FN3O2/c1-13-17-4-6-22(2,3)11-19(17)26(25-13)16-9-15(8-14-5-7-28-12-14)20(21(24)27)18(23)10-16/h4,6,9-10,14H,5,7-8,11-12H2,1-3H3,(H2,24,27). The van der Waals surface area contributed by atoms with Crippen LogP contribution >= 0.6 is 0 Å². The van der Waals surface area contributed by atoms with Gasteiger partial charge in [0.2, 0.25) is 0 Å². The number of halogens is 1. The minimum atomic E-state index is -0.735. The van der Waals surface area contributed by atoms with Crippen molar-refractivity contribution in [3.63, 3.8) is 0 Å². The number of nitrogens with zero attached hydrogens (tertiary/aromatic N) is 2. The Balaban J connectivity index is 1.82. The number of allylic oxidation sites excluding steroid dienone is 1. The lowest BCUT2D eigenvalue weighted by molar-refractivity contribution is 0.0995. The molecule has 1 aliphatic carbocycles. The SMILES string of the molecule is Cc1nn(-c2cc(F)c(C(N)=O)c(CC3CCOC3)c2)c2c1C=CC(C)(C)C2. The largest absolute Gasteiger partial charge is 0.381 e. The Bertz CT molecular complexity index is 969. The van der Waals surface area contributed by atoms with E-state index in [2.05, 4.69) is 31.1 Å². The number of aromatic nitrogens is 2. The van der Waals surface area contributed by atoms with E-state index in [1.165, 1.54) is 6.07 Å². The van der Waals surface area contributed by atoms with E-state index in [4.69, 9.17) is 10.5 Å². The van der Waals surface area contributed by atoms with Crippen LogP contribution in [-0.4, -0.2) is 28.9 Å². The third-order valence-electron chi connectivity index (χ3n) is 5.71. The fraction of sp³-hybridized carbons (Fsp3) is 0.455. The molecule has 0 saturated carbocycles. The van der Waals surface area contributed by atoms with Gasteiger partial charge in [0.25, 0.3) is 5.91 Å². The van der Waals surface area contributed by atoms with Crippen molar-refractivity contribution in [3.05, 3.63) is 52.1 Å². The Labute approximate surface area is 164 Å². The van der Waals surface area contributed by atoms with Gasteiger partial charge in [0.1, 0.15) is 5.82 Å². The van der Waals surface area contributed by atoms with Gasteiger partial charge in [-0.2, -0.15) is 5.10 Å². The molecule has 1 atom stereocenters. The highest BCUT2D eigenvalue weighted by atomic mass is 19.1. The number of amides is 1. The predicted molar refractivity (Wildman–Crippen MR) is 106 cm³/mol. The Morgan fingerprint density at radius 2 is 2.21 bits per heavy atom. The molecular weight excluding hydrogens is 357 g/mol. The topological polar surface area (TPSA) is 70.1 Å². The molecule has 1 saturated heterocycles. The van der Waals surface area contributed by atoms with Crippen LogP contribution in [0.3, 0.4) is 0 Å². The fourth-order valence-electron chi connectivity index (χ4n) is 4.25. The average Bonchev–Trinajstić information content (AvgIpc) is 3.21. The van der Waals surface area contributed by atoms with E-state index >= 15 is 0 Å². The lowest BCUT2D eigenvalue weighted by Gasteiger charge is -2.25. The van der Waals surface area contributed by atoms with E-state index in [0.717, 1.165) is 29.8 Å². The first kappa shape index (κ1) is 18.9. The van der Waals surface area contributed by atoms with Crippen molar-refractivity contribution < 1.29 is 13.9 Å². The number of carbonyl (C=O) groups is 1. The maximum Gasteiger partial charge on any atom is 0.251 e. The highest BCUT2D eigenvalue weighted by Crippen LogP contribution is 2.35. The quantitative estimate of drug-likeness (QED) is 0.877. The van der Waals surface area contributed by atoms with Gasteiger partial charge >= 0.3 is 0 Å². The van der Waals surface area contributed by atoms with Gasteiger partial charge < -0.3 is 10.5 Å². The first-order chi connectivity index (χ1) is 13.2. The number of primary amides is 1. The van der Waals surface area contributed by atoms with Crippen molar-refractivity contribution in [2.24, 2.45) is 17.1 Å². The number of aryl methyl sites for hydroxylation is 1. The van der Waals surface area contributed by atoms with Crippen LogP contribution in [0.15, 0.2) is 18.2 Å². The van der Waals surface area contributed by atoms with Gasteiger partial charge in [-0.25, -0.2) is 9.07 Å². The molecule has 0 radical (unpaired) electrons. The van der Waals surface area contributed by atoms with E-state index in [1.807, 2.05) is 17.7 Å². The molecule has 28 heavy (non-hydrogen) atoms. The summed E-state index contributed by atoms with van der Waals surface area (Å²) in [6.45, 7) is 7.62. The molecule has 148 valence electrons. The molecule has 2 N–H and O–H groups in total. The first-order valence-corrected chi connectivity index (χ1v) is 9.73. The minimum Gasteiger partial charge on any atom is -0.381 e. The summed E-state index contributed by atoms with van der Waals surface area (Å²) in [5.41, 5.74) is 9.79. The lowest BCUT2D eigenvalue weighted by atomic mass is 9.82. The third-order valence-corrected chi connectivity index (χ3v) is 5.71. The molecule has 1 amide bonds. The van der Waals surface area contributed by atoms with E-state index in [-0.39, 0.29) is 16.9 Å². The van der Waals surface area contributed by atoms with Crippen LogP contribution in [0.2, 0.25) is 0 Å². The summed E-state index contributed by atoms with van der Waals surface area (Å²) in [5, 5.41) is 4.67. The molecular formula is C22H26FN3O2. The van der Waals surface area contributed by atoms with Crippen LogP contribution in [0.1, 0.15) is 53.1 Å². The smallest absolute Gasteiger partial charge is 0.251 e. The molecule has 4 rings (SSSR count). The second kappa shape index (κ2) is 6.85. The Morgan fingerprint density at radius 3 is 2.89 bits per heavy atom. The summed E-state index contributed by atoms with van der Waals surface area (Å²) in [4.78, 5) is 11.9. The maximum absolute atomic E-state index is 14.9. The van der Waals surface area contributed by atoms with Gasteiger partial charge in [0.15, 0.2) is 0 Å². The normalized spacial score (nSPS) is 20.4. The van der Waals surface area contributed by atoms with E-state index in [0.29, 0.717) is 30.9 Å². The van der Waals surface area contributed by atoms with Crippen molar-refractivity contribution in [3.8, 4) is 5.69 Å². The molecule has 2 aromatic rings. The zero-order chi connectivity index (χ0) is 20.1. The summed E-state index contributed by atoms with van der Waals surface area (Å²) < 4.78 is 22.2. The minimum absolute atomic E-state index is 0.00689. The molecule has 2 heterocycles. The summed E-state index contributed by atoms with van der Waals surface area (Å²) >= 11 is 0. The molecule has 1 aromatic heterocycles. The summed E-state index contributed by atoms with van der Waals surface area (Å²) in [7, 11) is 0. The van der Waals surface area contributed by atoms with Crippen molar-refractivity contribution in [2.45, 2.75) is 40.0 Å². The fourth-order valence-corrected chi connectivity index (χ4v) is 4.25. The summed E-state index contributed by atoms with van der Waals surface area (Å²) in [5.74, 6) is -1.06. The van der Waals surface area contributed by atoms with Gasteiger partial charge in [-0.1, -0.05) is 26.0 Å². The van der Waals surface area contributed by atoms with Gasteiger partial charge in [-0.05, 0) is 49.1 Å². The molecule has 1 unspecified atom stereocenters. The van der Waals surface area contributed by atoms with Crippen molar-refractivity contribution in [2.75, 3.05) is 13.2 Å². The first-order valence-electron chi connectivity index (χ1n) is 9.73. The van der Waals surface area contributed by atoms with E-state index < -0.39 is 11.7 Å². The number of rotatable bonds is 4. The Morgan fingerprint density at radius 1 is 1.43 bits per heavy atom. The number of hydrogen-bond donors (Lipinski definition) is 1. The van der Waals surface area contributed by atoms with Crippen LogP contribution < -0.4 is 5.73 Å².